The largest absolute Gasteiger partial charge is 0.491 e. The van der Waals surface area contributed by atoms with Gasteiger partial charge in [0, 0.05) is 44.5 Å². The number of halogens is 4. The Morgan fingerprint density at radius 2 is 1.76 bits per heavy atom. The standard InChI is InChI=1S/C30H27ClF3N7O5/c31-20-5-4-17(16-19(20)30(32,33)34)39-11-13-40(14-12-39)23-8-9-35-29(37-23)36-10-15-46-22-3-1-2-18-25(22)28(45)41(27(18)44)21-6-7-24(42)38-26(21)43/h1-5,8-9,16,21H,6-7,10-15H2,(H,35,36,37)(H,38,42,43). The van der Waals surface area contributed by atoms with Gasteiger partial charge in [-0.15, -0.1) is 0 Å². The van der Waals surface area contributed by atoms with Gasteiger partial charge in [-0.3, -0.25) is 29.4 Å². The van der Waals surface area contributed by atoms with Crippen molar-refractivity contribution in [2.45, 2.75) is 25.1 Å². The zero-order chi connectivity index (χ0) is 32.6. The van der Waals surface area contributed by atoms with Gasteiger partial charge in [0.1, 0.15) is 24.2 Å². The Balaban J connectivity index is 1.03. The summed E-state index contributed by atoms with van der Waals surface area (Å²) in [7, 11) is 0. The number of hydrogen-bond donors (Lipinski definition) is 2. The van der Waals surface area contributed by atoms with E-state index in [9.17, 15) is 32.3 Å². The summed E-state index contributed by atoms with van der Waals surface area (Å²) >= 11 is 5.76. The van der Waals surface area contributed by atoms with Crippen molar-refractivity contribution in [3.8, 4) is 5.75 Å². The molecule has 16 heteroatoms. The molecule has 0 bridgehead atoms. The van der Waals surface area contributed by atoms with Gasteiger partial charge in [-0.2, -0.15) is 18.2 Å². The van der Waals surface area contributed by atoms with Crippen molar-refractivity contribution >= 4 is 52.7 Å². The summed E-state index contributed by atoms with van der Waals surface area (Å²) in [5, 5.41) is 4.89. The third kappa shape index (κ3) is 6.14. The minimum atomic E-state index is -4.54. The lowest BCUT2D eigenvalue weighted by molar-refractivity contribution is -0.138. The number of piperazine rings is 1. The minimum absolute atomic E-state index is 0.0217. The third-order valence-electron chi connectivity index (χ3n) is 7.94. The zero-order valence-corrected chi connectivity index (χ0v) is 24.9. The lowest BCUT2D eigenvalue weighted by Gasteiger charge is -2.37. The molecule has 2 saturated heterocycles. The minimum Gasteiger partial charge on any atom is -0.491 e. The molecule has 2 fully saturated rings. The normalized spacial score (nSPS) is 18.5. The van der Waals surface area contributed by atoms with E-state index in [1.807, 2.05) is 9.80 Å². The van der Waals surface area contributed by atoms with Crippen molar-refractivity contribution in [2.24, 2.45) is 0 Å². The molecule has 0 aliphatic carbocycles. The second-order valence-corrected chi connectivity index (χ2v) is 11.2. The number of anilines is 3. The van der Waals surface area contributed by atoms with Crippen LogP contribution in [0.2, 0.25) is 5.02 Å². The van der Waals surface area contributed by atoms with E-state index in [0.29, 0.717) is 43.6 Å². The first kappa shape index (κ1) is 31.1. The van der Waals surface area contributed by atoms with Crippen LogP contribution in [-0.4, -0.2) is 83.9 Å². The summed E-state index contributed by atoms with van der Waals surface area (Å²) in [6, 6.07) is 9.19. The molecule has 240 valence electrons. The number of fused-ring (bicyclic) bond motifs is 1. The number of hydrogen-bond acceptors (Lipinski definition) is 10. The molecular weight excluding hydrogens is 631 g/mol. The second kappa shape index (κ2) is 12.5. The first-order chi connectivity index (χ1) is 22.0. The average Bonchev–Trinajstić information content (AvgIpc) is 3.29. The molecule has 4 heterocycles. The van der Waals surface area contributed by atoms with E-state index >= 15 is 0 Å². The van der Waals surface area contributed by atoms with E-state index in [1.165, 1.54) is 12.1 Å². The van der Waals surface area contributed by atoms with Gasteiger partial charge in [-0.1, -0.05) is 17.7 Å². The van der Waals surface area contributed by atoms with Crippen LogP contribution in [0, 0.1) is 0 Å². The SMILES string of the molecule is O=C1CCC(N2C(=O)c3cccc(OCCNc4nccc(N5CCN(c6ccc(Cl)c(C(F)(F)F)c6)CC5)n4)c3C2=O)C(=O)N1. The molecule has 1 aromatic heterocycles. The smallest absolute Gasteiger partial charge is 0.417 e. The van der Waals surface area contributed by atoms with Gasteiger partial charge in [0.2, 0.25) is 17.8 Å². The predicted octanol–water partition coefficient (Wildman–Crippen LogP) is 3.37. The van der Waals surface area contributed by atoms with Crippen molar-refractivity contribution in [1.82, 2.24) is 20.2 Å². The van der Waals surface area contributed by atoms with Crippen LogP contribution in [0.1, 0.15) is 39.1 Å². The first-order valence-corrected chi connectivity index (χ1v) is 14.8. The highest BCUT2D eigenvalue weighted by molar-refractivity contribution is 6.31. The Labute approximate surface area is 265 Å². The maximum Gasteiger partial charge on any atom is 0.417 e. The summed E-state index contributed by atoms with van der Waals surface area (Å²) in [4.78, 5) is 63.7. The van der Waals surface area contributed by atoms with Gasteiger partial charge in [0.15, 0.2) is 0 Å². The van der Waals surface area contributed by atoms with E-state index < -0.39 is 41.4 Å². The van der Waals surface area contributed by atoms with E-state index in [1.54, 1.807) is 30.5 Å². The fraction of sp³-hybridized carbons (Fsp3) is 0.333. The Morgan fingerprint density at radius 3 is 2.50 bits per heavy atom. The molecule has 3 aliphatic rings. The summed E-state index contributed by atoms with van der Waals surface area (Å²) in [5.41, 5.74) is -0.244. The highest BCUT2D eigenvalue weighted by atomic mass is 35.5. The topological polar surface area (TPSA) is 137 Å². The van der Waals surface area contributed by atoms with E-state index in [0.717, 1.165) is 11.0 Å². The van der Waals surface area contributed by atoms with Crippen LogP contribution in [0.5, 0.6) is 5.75 Å². The highest BCUT2D eigenvalue weighted by Gasteiger charge is 2.46. The first-order valence-electron chi connectivity index (χ1n) is 14.4. The van der Waals surface area contributed by atoms with Crippen LogP contribution < -0.4 is 25.2 Å². The lowest BCUT2D eigenvalue weighted by Crippen LogP contribution is -2.54. The van der Waals surface area contributed by atoms with Crippen molar-refractivity contribution < 1.29 is 37.1 Å². The van der Waals surface area contributed by atoms with E-state index in [-0.39, 0.29) is 47.9 Å². The molecule has 2 aromatic carbocycles. The predicted molar refractivity (Wildman–Crippen MR) is 160 cm³/mol. The third-order valence-corrected chi connectivity index (χ3v) is 8.27. The molecule has 2 N–H and O–H groups in total. The fourth-order valence-electron chi connectivity index (χ4n) is 5.66. The number of rotatable bonds is 8. The maximum atomic E-state index is 13.3. The summed E-state index contributed by atoms with van der Waals surface area (Å²) in [6.45, 7) is 2.32. The summed E-state index contributed by atoms with van der Waals surface area (Å²) in [6.07, 6.45) is -2.88. The highest BCUT2D eigenvalue weighted by Crippen LogP contribution is 2.37. The summed E-state index contributed by atoms with van der Waals surface area (Å²) in [5.74, 6) is -1.28. The number of ether oxygens (including phenoxy) is 1. The fourth-order valence-corrected chi connectivity index (χ4v) is 5.88. The van der Waals surface area contributed by atoms with Crippen LogP contribution in [0.3, 0.4) is 0 Å². The molecule has 0 radical (unpaired) electrons. The molecule has 0 spiro atoms. The quantitative estimate of drug-likeness (QED) is 0.274. The molecule has 0 saturated carbocycles. The number of amides is 4. The van der Waals surface area contributed by atoms with Gasteiger partial charge in [-0.25, -0.2) is 4.98 Å². The molecule has 4 amide bonds. The van der Waals surface area contributed by atoms with Crippen LogP contribution in [0.25, 0.3) is 0 Å². The van der Waals surface area contributed by atoms with Gasteiger partial charge in [-0.05, 0) is 42.8 Å². The Kier molecular flexibility index (Phi) is 8.42. The molecule has 3 aliphatic heterocycles. The number of carbonyl (C=O) groups is 4. The monoisotopic (exact) mass is 657 g/mol. The molecule has 1 atom stereocenters. The number of aromatic nitrogens is 2. The van der Waals surface area contributed by atoms with Crippen molar-refractivity contribution in [1.29, 1.82) is 0 Å². The zero-order valence-electron chi connectivity index (χ0n) is 24.1. The van der Waals surface area contributed by atoms with Gasteiger partial charge in [0.05, 0.1) is 28.3 Å². The van der Waals surface area contributed by atoms with Crippen LogP contribution >= 0.6 is 11.6 Å². The van der Waals surface area contributed by atoms with Gasteiger partial charge < -0.3 is 19.9 Å². The summed E-state index contributed by atoms with van der Waals surface area (Å²) < 4.78 is 45.8. The molecule has 12 nitrogen and oxygen atoms in total. The number of imide groups is 2. The number of benzene rings is 2. The van der Waals surface area contributed by atoms with Gasteiger partial charge in [0.25, 0.3) is 11.8 Å². The average molecular weight is 658 g/mol. The molecule has 1 unspecified atom stereocenters. The van der Waals surface area contributed by atoms with E-state index in [4.69, 9.17) is 16.3 Å². The lowest BCUT2D eigenvalue weighted by atomic mass is 10.0. The second-order valence-electron chi connectivity index (χ2n) is 10.8. The van der Waals surface area contributed by atoms with Gasteiger partial charge >= 0.3 is 6.18 Å². The maximum absolute atomic E-state index is 13.3. The van der Waals surface area contributed by atoms with E-state index in [2.05, 4.69) is 20.6 Å². The number of nitrogens with zero attached hydrogens (tertiary/aromatic N) is 5. The van der Waals surface area contributed by atoms with Crippen LogP contribution in [0.15, 0.2) is 48.7 Å². The molecule has 6 rings (SSSR count). The van der Waals surface area contributed by atoms with Crippen molar-refractivity contribution in [3.05, 3.63) is 70.4 Å². The Morgan fingerprint density at radius 1 is 1.00 bits per heavy atom. The van der Waals surface area contributed by atoms with Crippen LogP contribution in [0.4, 0.5) is 30.6 Å². The molecule has 46 heavy (non-hydrogen) atoms. The number of nitrogens with one attached hydrogen (secondary N) is 2. The number of carbonyl (C=O) groups excluding carboxylic acids is 4. The number of piperidine rings is 1. The Bertz CT molecular complexity index is 1710. The Hall–Kier alpha value is -4.92. The number of alkyl halides is 3. The molecule has 3 aromatic rings. The van der Waals surface area contributed by atoms with Crippen molar-refractivity contribution in [2.75, 3.05) is 54.4 Å². The molecular formula is C30H27ClF3N7O5. The van der Waals surface area contributed by atoms with Crippen molar-refractivity contribution in [3.63, 3.8) is 0 Å². The van der Waals surface area contributed by atoms with Crippen LogP contribution in [-0.2, 0) is 15.8 Å².